The van der Waals surface area contributed by atoms with E-state index in [0.717, 1.165) is 31.0 Å². The third-order valence-corrected chi connectivity index (χ3v) is 3.34. The van der Waals surface area contributed by atoms with Crippen LogP contribution in [0.15, 0.2) is 0 Å². The second kappa shape index (κ2) is 5.61. The molecule has 0 heterocycles. The van der Waals surface area contributed by atoms with E-state index in [-0.39, 0.29) is 0 Å². The first-order valence-corrected chi connectivity index (χ1v) is 5.46. The normalized spacial score (nSPS) is 34.8. The summed E-state index contributed by atoms with van der Waals surface area (Å²) in [4.78, 5) is 0. The van der Waals surface area contributed by atoms with Crippen molar-refractivity contribution < 1.29 is 4.74 Å². The summed E-state index contributed by atoms with van der Waals surface area (Å²) in [5.41, 5.74) is 0. The van der Waals surface area contributed by atoms with E-state index in [9.17, 15) is 0 Å². The number of nitrogens with one attached hydrogen (secondary N) is 1. The first kappa shape index (κ1) is 11.0. The maximum Gasteiger partial charge on any atom is 0.0587 e. The molecule has 0 unspecified atom stereocenters. The molecule has 78 valence electrons. The first-order chi connectivity index (χ1) is 6.24. The Morgan fingerprint density at radius 2 is 2.00 bits per heavy atom. The van der Waals surface area contributed by atoms with Gasteiger partial charge in [0.15, 0.2) is 0 Å². The van der Waals surface area contributed by atoms with Gasteiger partial charge in [0.25, 0.3) is 0 Å². The molecule has 0 saturated heterocycles. The summed E-state index contributed by atoms with van der Waals surface area (Å²) in [5, 5.41) is 3.55. The fraction of sp³-hybridized carbons (Fsp3) is 1.00. The lowest BCUT2D eigenvalue weighted by molar-refractivity contribution is 0.178. The van der Waals surface area contributed by atoms with Gasteiger partial charge in [0.05, 0.1) is 6.61 Å². The minimum atomic E-state index is 0.737. The van der Waals surface area contributed by atoms with Gasteiger partial charge in [-0.25, -0.2) is 0 Å². The van der Waals surface area contributed by atoms with Crippen LogP contribution in [0.25, 0.3) is 0 Å². The number of rotatable bonds is 4. The average Bonchev–Trinajstić information content (AvgIpc) is 2.12. The summed E-state index contributed by atoms with van der Waals surface area (Å²) in [5.74, 6) is 1.80. The van der Waals surface area contributed by atoms with Gasteiger partial charge < -0.3 is 10.1 Å². The molecule has 0 aromatic rings. The molecule has 13 heavy (non-hydrogen) atoms. The van der Waals surface area contributed by atoms with Gasteiger partial charge in [-0.05, 0) is 31.1 Å². The van der Waals surface area contributed by atoms with Gasteiger partial charge in [-0.15, -0.1) is 0 Å². The Hall–Kier alpha value is -0.0800. The van der Waals surface area contributed by atoms with Crippen LogP contribution in [0.5, 0.6) is 0 Å². The van der Waals surface area contributed by atoms with Gasteiger partial charge in [-0.3, -0.25) is 0 Å². The zero-order valence-electron chi connectivity index (χ0n) is 9.18. The Kier molecular flexibility index (Phi) is 4.74. The molecule has 1 aliphatic rings. The molecule has 0 radical (unpaired) electrons. The Balaban J connectivity index is 2.14. The molecule has 0 spiro atoms. The minimum Gasteiger partial charge on any atom is -0.383 e. The van der Waals surface area contributed by atoms with Crippen molar-refractivity contribution in [1.82, 2.24) is 5.32 Å². The highest BCUT2D eigenvalue weighted by Crippen LogP contribution is 2.29. The van der Waals surface area contributed by atoms with Crippen LogP contribution in [0.4, 0.5) is 0 Å². The van der Waals surface area contributed by atoms with Crippen LogP contribution in [0, 0.1) is 11.8 Å². The van der Waals surface area contributed by atoms with Gasteiger partial charge >= 0.3 is 0 Å². The monoisotopic (exact) mass is 185 g/mol. The zero-order chi connectivity index (χ0) is 9.68. The molecule has 2 heteroatoms. The molecule has 0 aliphatic heterocycles. The van der Waals surface area contributed by atoms with Gasteiger partial charge in [0.1, 0.15) is 0 Å². The van der Waals surface area contributed by atoms with Gasteiger partial charge in [0, 0.05) is 19.7 Å². The second-order valence-corrected chi connectivity index (χ2v) is 4.41. The molecule has 0 aromatic carbocycles. The molecule has 3 atom stereocenters. The third kappa shape index (κ3) is 3.65. The molecule has 1 N–H and O–H groups in total. The van der Waals surface area contributed by atoms with Crippen LogP contribution in [0.2, 0.25) is 0 Å². The Morgan fingerprint density at radius 3 is 2.62 bits per heavy atom. The molecule has 1 saturated carbocycles. The second-order valence-electron chi connectivity index (χ2n) is 4.41. The number of hydrogen-bond donors (Lipinski definition) is 1. The summed E-state index contributed by atoms with van der Waals surface area (Å²) < 4.78 is 5.02. The van der Waals surface area contributed by atoms with Crippen LogP contribution in [-0.2, 0) is 4.74 Å². The Morgan fingerprint density at radius 1 is 1.23 bits per heavy atom. The van der Waals surface area contributed by atoms with E-state index in [1.807, 2.05) is 0 Å². The smallest absolute Gasteiger partial charge is 0.0587 e. The number of hydrogen-bond acceptors (Lipinski definition) is 2. The fourth-order valence-electron chi connectivity index (χ4n) is 2.10. The maximum absolute atomic E-state index is 5.02. The number of methoxy groups -OCH3 is 1. The molecule has 1 aliphatic carbocycles. The van der Waals surface area contributed by atoms with Crippen LogP contribution in [-0.4, -0.2) is 26.3 Å². The highest BCUT2D eigenvalue weighted by molar-refractivity contribution is 4.79. The van der Waals surface area contributed by atoms with E-state index in [0.29, 0.717) is 0 Å². The molecule has 2 nitrogen and oxygen atoms in total. The average molecular weight is 185 g/mol. The molecular formula is C11H23NO. The largest absolute Gasteiger partial charge is 0.383 e. The first-order valence-electron chi connectivity index (χ1n) is 5.46. The topological polar surface area (TPSA) is 21.3 Å². The predicted octanol–water partition coefficient (Wildman–Crippen LogP) is 2.05. The van der Waals surface area contributed by atoms with Crippen molar-refractivity contribution in [3.8, 4) is 0 Å². The summed E-state index contributed by atoms with van der Waals surface area (Å²) in [6.07, 6.45) is 4.06. The molecule has 1 rings (SSSR count). The standard InChI is InChI=1S/C11H23NO/c1-9-4-5-11(8-10(9)2)12-6-7-13-3/h9-12H,4-8H2,1-3H3/t9-,10-,11-/m1/s1. The van der Waals surface area contributed by atoms with E-state index in [1.54, 1.807) is 7.11 Å². The maximum atomic E-state index is 5.02. The Bertz CT molecular complexity index is 138. The van der Waals surface area contributed by atoms with Crippen molar-refractivity contribution in [3.63, 3.8) is 0 Å². The fourth-order valence-corrected chi connectivity index (χ4v) is 2.10. The van der Waals surface area contributed by atoms with Crippen LogP contribution >= 0.6 is 0 Å². The van der Waals surface area contributed by atoms with E-state index >= 15 is 0 Å². The van der Waals surface area contributed by atoms with Crippen molar-refractivity contribution in [3.05, 3.63) is 0 Å². The van der Waals surface area contributed by atoms with Crippen molar-refractivity contribution >= 4 is 0 Å². The van der Waals surface area contributed by atoms with Crippen molar-refractivity contribution in [2.75, 3.05) is 20.3 Å². The van der Waals surface area contributed by atoms with Crippen LogP contribution < -0.4 is 5.32 Å². The molecule has 0 amide bonds. The lowest BCUT2D eigenvalue weighted by atomic mass is 9.79. The van der Waals surface area contributed by atoms with Crippen molar-refractivity contribution in [1.29, 1.82) is 0 Å². The molecule has 0 bridgehead atoms. The zero-order valence-corrected chi connectivity index (χ0v) is 9.18. The molecule has 0 aromatic heterocycles. The quantitative estimate of drug-likeness (QED) is 0.677. The summed E-state index contributed by atoms with van der Waals surface area (Å²) >= 11 is 0. The van der Waals surface area contributed by atoms with Crippen molar-refractivity contribution in [2.24, 2.45) is 11.8 Å². The SMILES string of the molecule is COCCN[C@@H]1CC[C@@H](C)[C@H](C)C1. The summed E-state index contributed by atoms with van der Waals surface area (Å²) in [6, 6.07) is 0.737. The minimum absolute atomic E-state index is 0.737. The van der Waals surface area contributed by atoms with Gasteiger partial charge in [0.2, 0.25) is 0 Å². The van der Waals surface area contributed by atoms with Gasteiger partial charge in [-0.1, -0.05) is 13.8 Å². The predicted molar refractivity (Wildman–Crippen MR) is 55.8 cm³/mol. The van der Waals surface area contributed by atoms with E-state index < -0.39 is 0 Å². The number of ether oxygens (including phenoxy) is 1. The van der Waals surface area contributed by atoms with Crippen LogP contribution in [0.3, 0.4) is 0 Å². The van der Waals surface area contributed by atoms with Crippen LogP contribution in [0.1, 0.15) is 33.1 Å². The van der Waals surface area contributed by atoms with E-state index in [2.05, 4.69) is 19.2 Å². The lowest BCUT2D eigenvalue weighted by Crippen LogP contribution is -2.37. The molecular weight excluding hydrogens is 162 g/mol. The highest BCUT2D eigenvalue weighted by atomic mass is 16.5. The van der Waals surface area contributed by atoms with E-state index in [1.165, 1.54) is 19.3 Å². The lowest BCUT2D eigenvalue weighted by Gasteiger charge is -2.32. The summed E-state index contributed by atoms with van der Waals surface area (Å²) in [6.45, 7) is 6.58. The Labute approximate surface area is 82.0 Å². The van der Waals surface area contributed by atoms with Gasteiger partial charge in [-0.2, -0.15) is 0 Å². The summed E-state index contributed by atoms with van der Waals surface area (Å²) in [7, 11) is 1.76. The highest BCUT2D eigenvalue weighted by Gasteiger charge is 2.23. The third-order valence-electron chi connectivity index (χ3n) is 3.34. The van der Waals surface area contributed by atoms with E-state index in [4.69, 9.17) is 4.74 Å². The van der Waals surface area contributed by atoms with Crippen molar-refractivity contribution in [2.45, 2.75) is 39.2 Å². The molecule has 1 fully saturated rings.